The van der Waals surface area contributed by atoms with E-state index in [-0.39, 0.29) is 23.1 Å². The summed E-state index contributed by atoms with van der Waals surface area (Å²) >= 11 is 0. The van der Waals surface area contributed by atoms with Gasteiger partial charge in [-0.25, -0.2) is 4.79 Å². The van der Waals surface area contributed by atoms with E-state index in [2.05, 4.69) is 0 Å². The number of esters is 1. The first-order valence-electron chi connectivity index (χ1n) is 8.01. The number of carbonyl (C=O) groups excluding carboxylic acids is 2. The van der Waals surface area contributed by atoms with Crippen molar-refractivity contribution in [2.24, 2.45) is 0 Å². The molecule has 0 spiro atoms. The highest BCUT2D eigenvalue weighted by molar-refractivity contribution is 6.14. The molecule has 0 bridgehead atoms. The average Bonchev–Trinajstić information content (AvgIpc) is 3.26. The van der Waals surface area contributed by atoms with Crippen LogP contribution in [0.3, 0.4) is 0 Å². The number of ether oxygens (including phenoxy) is 2. The first-order valence-corrected chi connectivity index (χ1v) is 8.01. The summed E-state index contributed by atoms with van der Waals surface area (Å²) in [6, 6.07) is 15.5. The quantitative estimate of drug-likeness (QED) is 0.399. The Balaban J connectivity index is 1.56. The molecule has 2 aromatic carbocycles. The first-order chi connectivity index (χ1) is 12.6. The summed E-state index contributed by atoms with van der Waals surface area (Å²) in [4.78, 5) is 24.4. The summed E-state index contributed by atoms with van der Waals surface area (Å²) in [5, 5.41) is 0. The van der Waals surface area contributed by atoms with Crippen molar-refractivity contribution in [1.29, 1.82) is 0 Å². The molecular formula is C21H14O5. The Morgan fingerprint density at radius 2 is 1.88 bits per heavy atom. The monoisotopic (exact) mass is 346 g/mol. The van der Waals surface area contributed by atoms with Crippen LogP contribution in [-0.2, 0) is 0 Å². The molecule has 1 aliphatic heterocycles. The van der Waals surface area contributed by atoms with Crippen LogP contribution < -0.4 is 9.47 Å². The molecule has 0 N–H and O–H groups in total. The zero-order chi connectivity index (χ0) is 18.1. The Bertz CT molecular complexity index is 1010. The molecule has 0 fully saturated rings. The van der Waals surface area contributed by atoms with Gasteiger partial charge < -0.3 is 13.9 Å². The fourth-order valence-corrected chi connectivity index (χ4v) is 2.60. The van der Waals surface area contributed by atoms with Crippen LogP contribution >= 0.6 is 0 Å². The Morgan fingerprint density at radius 3 is 2.62 bits per heavy atom. The van der Waals surface area contributed by atoms with E-state index >= 15 is 0 Å². The highest BCUT2D eigenvalue weighted by atomic mass is 16.5. The van der Waals surface area contributed by atoms with Gasteiger partial charge >= 0.3 is 5.97 Å². The van der Waals surface area contributed by atoms with Gasteiger partial charge in [0, 0.05) is 6.07 Å². The number of ketones is 1. The van der Waals surface area contributed by atoms with E-state index in [4.69, 9.17) is 13.9 Å². The van der Waals surface area contributed by atoms with Gasteiger partial charge in [0.2, 0.25) is 11.5 Å². The number of allylic oxidation sites excluding steroid dienone is 1. The third kappa shape index (κ3) is 3.02. The van der Waals surface area contributed by atoms with Crippen LogP contribution in [0.5, 0.6) is 11.5 Å². The van der Waals surface area contributed by atoms with Crippen molar-refractivity contribution in [2.45, 2.75) is 6.92 Å². The van der Waals surface area contributed by atoms with Crippen molar-refractivity contribution in [3.63, 3.8) is 0 Å². The minimum Gasteiger partial charge on any atom is -0.457 e. The number of Topliss-reactive ketones (excluding diaryl/α,β-unsaturated/α-hetero) is 1. The number of aryl methyl sites for hydroxylation is 1. The van der Waals surface area contributed by atoms with Crippen LogP contribution in [0.25, 0.3) is 6.08 Å². The number of fused-ring (bicyclic) bond motifs is 1. The van der Waals surface area contributed by atoms with E-state index in [9.17, 15) is 9.59 Å². The maximum Gasteiger partial charge on any atom is 0.379 e. The van der Waals surface area contributed by atoms with Crippen LogP contribution in [0.4, 0.5) is 0 Å². The van der Waals surface area contributed by atoms with Crippen LogP contribution in [0, 0.1) is 6.92 Å². The maximum absolute atomic E-state index is 12.5. The summed E-state index contributed by atoms with van der Waals surface area (Å²) in [5.41, 5.74) is 2.44. The largest absolute Gasteiger partial charge is 0.457 e. The molecule has 4 rings (SSSR count). The van der Waals surface area contributed by atoms with Gasteiger partial charge in [0.05, 0.1) is 11.8 Å². The number of hydrogen-bond donors (Lipinski definition) is 0. The van der Waals surface area contributed by atoms with Crippen molar-refractivity contribution < 1.29 is 23.5 Å². The number of benzene rings is 2. The molecule has 5 heteroatoms. The Hall–Kier alpha value is -3.60. The normalized spacial score (nSPS) is 14.2. The van der Waals surface area contributed by atoms with Crippen molar-refractivity contribution >= 4 is 17.8 Å². The van der Waals surface area contributed by atoms with Gasteiger partial charge in [-0.3, -0.25) is 4.79 Å². The fourth-order valence-electron chi connectivity index (χ4n) is 2.60. The second-order valence-corrected chi connectivity index (χ2v) is 5.88. The predicted octanol–water partition coefficient (Wildman–Crippen LogP) is 4.42. The number of rotatable bonds is 3. The summed E-state index contributed by atoms with van der Waals surface area (Å²) < 4.78 is 15.9. The van der Waals surface area contributed by atoms with Crippen LogP contribution in [0.1, 0.15) is 32.0 Å². The van der Waals surface area contributed by atoms with Crippen molar-refractivity contribution in [3.05, 3.63) is 89.1 Å². The van der Waals surface area contributed by atoms with Gasteiger partial charge in [0.15, 0.2) is 5.76 Å². The maximum atomic E-state index is 12.5. The molecule has 0 aliphatic carbocycles. The van der Waals surface area contributed by atoms with Crippen molar-refractivity contribution in [3.8, 4) is 11.5 Å². The van der Waals surface area contributed by atoms with Gasteiger partial charge in [-0.2, -0.15) is 0 Å². The molecule has 3 aromatic rings. The smallest absolute Gasteiger partial charge is 0.379 e. The van der Waals surface area contributed by atoms with Gasteiger partial charge in [0.1, 0.15) is 11.5 Å². The van der Waals surface area contributed by atoms with Gasteiger partial charge in [-0.15, -0.1) is 0 Å². The molecule has 128 valence electrons. The van der Waals surface area contributed by atoms with E-state index in [1.165, 1.54) is 18.4 Å². The lowest BCUT2D eigenvalue weighted by Gasteiger charge is -2.04. The Labute approximate surface area is 149 Å². The lowest BCUT2D eigenvalue weighted by Crippen LogP contribution is -2.07. The summed E-state index contributed by atoms with van der Waals surface area (Å²) in [5.74, 6) is 0.146. The Kier molecular flexibility index (Phi) is 3.89. The van der Waals surface area contributed by atoms with E-state index in [1.54, 1.807) is 24.3 Å². The van der Waals surface area contributed by atoms with Crippen LogP contribution in [0.15, 0.2) is 71.0 Å². The molecule has 0 radical (unpaired) electrons. The fraction of sp³-hybridized carbons (Fsp3) is 0.0476. The zero-order valence-electron chi connectivity index (χ0n) is 13.9. The molecule has 2 heterocycles. The summed E-state index contributed by atoms with van der Waals surface area (Å²) in [6.07, 6.45) is 3.08. The van der Waals surface area contributed by atoms with E-state index < -0.39 is 5.97 Å². The molecule has 0 saturated heterocycles. The van der Waals surface area contributed by atoms with E-state index in [0.717, 1.165) is 11.1 Å². The van der Waals surface area contributed by atoms with Gasteiger partial charge in [-0.05, 0) is 42.8 Å². The van der Waals surface area contributed by atoms with Crippen LogP contribution in [0.2, 0.25) is 0 Å². The van der Waals surface area contributed by atoms with Crippen molar-refractivity contribution in [1.82, 2.24) is 0 Å². The van der Waals surface area contributed by atoms with E-state index in [1.807, 2.05) is 31.2 Å². The molecule has 0 atom stereocenters. The zero-order valence-corrected chi connectivity index (χ0v) is 13.9. The molecule has 0 amide bonds. The topological polar surface area (TPSA) is 65.7 Å². The molecule has 0 saturated carbocycles. The number of hydrogen-bond acceptors (Lipinski definition) is 5. The lowest BCUT2D eigenvalue weighted by atomic mass is 10.1. The molecule has 26 heavy (non-hydrogen) atoms. The number of furan rings is 1. The molecule has 1 aromatic heterocycles. The third-order valence-corrected chi connectivity index (χ3v) is 3.95. The Morgan fingerprint density at radius 1 is 1.08 bits per heavy atom. The first kappa shape index (κ1) is 15.9. The number of carbonyl (C=O) groups is 2. The molecule has 5 nitrogen and oxygen atoms in total. The van der Waals surface area contributed by atoms with Crippen molar-refractivity contribution in [2.75, 3.05) is 0 Å². The molecule has 0 unspecified atom stereocenters. The molecule has 1 aliphatic rings. The second kappa shape index (κ2) is 6.37. The third-order valence-electron chi connectivity index (χ3n) is 3.95. The van der Waals surface area contributed by atoms with Gasteiger partial charge in [-0.1, -0.05) is 29.8 Å². The highest BCUT2D eigenvalue weighted by Crippen LogP contribution is 2.35. The van der Waals surface area contributed by atoms with E-state index in [0.29, 0.717) is 11.3 Å². The van der Waals surface area contributed by atoms with Crippen LogP contribution in [-0.4, -0.2) is 11.8 Å². The minimum atomic E-state index is -0.616. The predicted molar refractivity (Wildman–Crippen MR) is 94.2 cm³/mol. The second-order valence-electron chi connectivity index (χ2n) is 5.88. The average molecular weight is 346 g/mol. The minimum absolute atomic E-state index is 0.0995. The summed E-state index contributed by atoms with van der Waals surface area (Å²) in [6.45, 7) is 2.00. The highest BCUT2D eigenvalue weighted by Gasteiger charge is 2.28. The molecular weight excluding hydrogens is 332 g/mol. The SMILES string of the molecule is Cc1ccc(C=C2Oc3cc(OC(=O)c4ccco4)ccc3C2=O)cc1. The standard InChI is InChI=1S/C21H14O5/c1-13-4-6-14(7-5-13)11-19-20(22)16-9-8-15(12-18(16)26-19)25-21(23)17-3-2-10-24-17/h2-12H,1H3. The summed E-state index contributed by atoms with van der Waals surface area (Å²) in [7, 11) is 0. The van der Waals surface area contributed by atoms with Gasteiger partial charge in [0.25, 0.3) is 0 Å². The lowest BCUT2D eigenvalue weighted by molar-refractivity contribution is 0.0701.